The monoisotopic (exact) mass is 472 g/mol. The molecule has 0 saturated carbocycles. The molecule has 1 fully saturated rings. The van der Waals surface area contributed by atoms with Crippen molar-refractivity contribution in [1.82, 2.24) is 14.6 Å². The van der Waals surface area contributed by atoms with Gasteiger partial charge in [0.15, 0.2) is 0 Å². The molecule has 2 heterocycles. The van der Waals surface area contributed by atoms with E-state index >= 15 is 0 Å². The molecule has 0 atom stereocenters. The third kappa shape index (κ3) is 5.45. The highest BCUT2D eigenvalue weighted by Crippen LogP contribution is 2.21. The van der Waals surface area contributed by atoms with Gasteiger partial charge < -0.3 is 5.32 Å². The van der Waals surface area contributed by atoms with Crippen LogP contribution in [0.3, 0.4) is 0 Å². The molecule has 0 radical (unpaired) electrons. The molecule has 2 aromatic carbocycles. The van der Waals surface area contributed by atoms with Crippen LogP contribution in [0.15, 0.2) is 58.5 Å². The quantitative estimate of drug-likeness (QED) is 0.669. The predicted octanol–water partition coefficient (Wildman–Crippen LogP) is 2.41. The van der Waals surface area contributed by atoms with Gasteiger partial charge in [0.25, 0.3) is 5.91 Å². The molecule has 2 aliphatic rings. The van der Waals surface area contributed by atoms with Crippen molar-refractivity contribution in [2.24, 2.45) is 5.10 Å². The fraction of sp³-hybridized carbons (Fsp3) is 0.348. The Bertz CT molecular complexity index is 1160. The van der Waals surface area contributed by atoms with Gasteiger partial charge in [-0.15, -0.1) is 0 Å². The highest BCUT2D eigenvalue weighted by atomic mass is 32.2. The molecule has 0 unspecified atom stereocenters. The Labute approximate surface area is 192 Å². The van der Waals surface area contributed by atoms with Gasteiger partial charge in [0.05, 0.1) is 11.4 Å². The standard InChI is InChI=1S/C23H25FN4O4S/c24-19-7-3-18(4-8-19)16-28-22(29)12-11-21(26-28)23(30)25-15-17-5-9-20(10-6-17)33(31,32)27-13-1-2-14-27/h3-10H,1-2,11-16H2,(H,25,30). The van der Waals surface area contributed by atoms with Crippen LogP contribution in [0.1, 0.15) is 36.8 Å². The third-order valence-corrected chi connectivity index (χ3v) is 7.60. The summed E-state index contributed by atoms with van der Waals surface area (Å²) in [5.41, 5.74) is 1.70. The van der Waals surface area contributed by atoms with Gasteiger partial charge >= 0.3 is 0 Å². The summed E-state index contributed by atoms with van der Waals surface area (Å²) in [5.74, 6) is -0.958. The molecule has 1 saturated heterocycles. The first-order chi connectivity index (χ1) is 15.8. The van der Waals surface area contributed by atoms with E-state index in [4.69, 9.17) is 0 Å². The molecule has 2 amide bonds. The topological polar surface area (TPSA) is 99.2 Å². The number of carbonyl (C=O) groups excluding carboxylic acids is 2. The highest BCUT2D eigenvalue weighted by molar-refractivity contribution is 7.89. The second kappa shape index (κ2) is 9.80. The van der Waals surface area contributed by atoms with E-state index in [0.29, 0.717) is 18.7 Å². The van der Waals surface area contributed by atoms with E-state index in [2.05, 4.69) is 10.4 Å². The van der Waals surface area contributed by atoms with Crippen molar-refractivity contribution in [3.63, 3.8) is 0 Å². The van der Waals surface area contributed by atoms with Crippen LogP contribution in [0, 0.1) is 5.82 Å². The molecule has 2 aliphatic heterocycles. The fourth-order valence-corrected chi connectivity index (χ4v) is 5.31. The molecule has 33 heavy (non-hydrogen) atoms. The van der Waals surface area contributed by atoms with E-state index in [-0.39, 0.29) is 54.2 Å². The Morgan fingerprint density at radius 2 is 1.61 bits per heavy atom. The van der Waals surface area contributed by atoms with Crippen molar-refractivity contribution >= 4 is 27.5 Å². The molecule has 8 nitrogen and oxygen atoms in total. The van der Waals surface area contributed by atoms with Gasteiger partial charge in [-0.25, -0.2) is 17.8 Å². The van der Waals surface area contributed by atoms with Gasteiger partial charge in [-0.3, -0.25) is 9.59 Å². The molecule has 0 bridgehead atoms. The summed E-state index contributed by atoms with van der Waals surface area (Å²) >= 11 is 0. The molecular formula is C23H25FN4O4S. The van der Waals surface area contributed by atoms with Crippen molar-refractivity contribution in [3.05, 3.63) is 65.5 Å². The van der Waals surface area contributed by atoms with Gasteiger partial charge in [0.2, 0.25) is 15.9 Å². The number of rotatable bonds is 7. The van der Waals surface area contributed by atoms with Crippen LogP contribution in [-0.2, 0) is 32.7 Å². The largest absolute Gasteiger partial charge is 0.347 e. The van der Waals surface area contributed by atoms with Crippen molar-refractivity contribution in [2.45, 2.75) is 43.7 Å². The minimum absolute atomic E-state index is 0.156. The van der Waals surface area contributed by atoms with Gasteiger partial charge in [-0.2, -0.15) is 9.41 Å². The lowest BCUT2D eigenvalue weighted by atomic mass is 10.1. The minimum Gasteiger partial charge on any atom is -0.347 e. The summed E-state index contributed by atoms with van der Waals surface area (Å²) in [5, 5.41) is 8.19. The fourth-order valence-electron chi connectivity index (χ4n) is 3.79. The van der Waals surface area contributed by atoms with Crippen molar-refractivity contribution in [2.75, 3.05) is 13.1 Å². The Kier molecular flexibility index (Phi) is 6.85. The number of nitrogens with zero attached hydrogens (tertiary/aromatic N) is 3. The van der Waals surface area contributed by atoms with E-state index in [9.17, 15) is 22.4 Å². The predicted molar refractivity (Wildman–Crippen MR) is 120 cm³/mol. The third-order valence-electron chi connectivity index (χ3n) is 5.69. The first-order valence-corrected chi connectivity index (χ1v) is 12.3. The van der Waals surface area contributed by atoms with Gasteiger partial charge in [-0.05, 0) is 48.2 Å². The molecule has 10 heteroatoms. The molecule has 4 rings (SSSR count). The molecule has 0 aromatic heterocycles. The van der Waals surface area contributed by atoms with Crippen molar-refractivity contribution in [1.29, 1.82) is 0 Å². The number of hydrogen-bond donors (Lipinski definition) is 1. The van der Waals surface area contributed by atoms with Crippen LogP contribution in [-0.4, -0.2) is 48.3 Å². The zero-order valence-electron chi connectivity index (χ0n) is 18.0. The maximum Gasteiger partial charge on any atom is 0.267 e. The van der Waals surface area contributed by atoms with E-state index < -0.39 is 10.0 Å². The minimum atomic E-state index is -3.47. The summed E-state index contributed by atoms with van der Waals surface area (Å²) < 4.78 is 39.8. The summed E-state index contributed by atoms with van der Waals surface area (Å²) in [7, 11) is -3.47. The summed E-state index contributed by atoms with van der Waals surface area (Å²) in [4.78, 5) is 25.0. The number of nitrogens with one attached hydrogen (secondary N) is 1. The van der Waals surface area contributed by atoms with Crippen LogP contribution in [0.2, 0.25) is 0 Å². The second-order valence-corrected chi connectivity index (χ2v) is 10.0. The van der Waals surface area contributed by atoms with Crippen molar-refractivity contribution in [3.8, 4) is 0 Å². The molecule has 1 N–H and O–H groups in total. The Morgan fingerprint density at radius 1 is 0.970 bits per heavy atom. The van der Waals surface area contributed by atoms with E-state index in [1.807, 2.05) is 0 Å². The zero-order chi connectivity index (χ0) is 23.4. The van der Waals surface area contributed by atoms with Crippen molar-refractivity contribution < 1.29 is 22.4 Å². The highest BCUT2D eigenvalue weighted by Gasteiger charge is 2.27. The smallest absolute Gasteiger partial charge is 0.267 e. The molecule has 0 spiro atoms. The first kappa shape index (κ1) is 23.1. The first-order valence-electron chi connectivity index (χ1n) is 10.8. The average Bonchev–Trinajstić information content (AvgIpc) is 3.37. The van der Waals surface area contributed by atoms with Crippen LogP contribution in [0.4, 0.5) is 4.39 Å². The Hall–Kier alpha value is -3.11. The maximum absolute atomic E-state index is 13.1. The summed E-state index contributed by atoms with van der Waals surface area (Å²) in [6.07, 6.45) is 2.15. The van der Waals surface area contributed by atoms with Crippen LogP contribution < -0.4 is 5.32 Å². The molecule has 2 aromatic rings. The summed E-state index contributed by atoms with van der Waals surface area (Å²) in [6, 6.07) is 12.2. The number of amides is 2. The lowest BCUT2D eigenvalue weighted by Gasteiger charge is -2.23. The normalized spacial score (nSPS) is 17.2. The van der Waals surface area contributed by atoms with E-state index in [0.717, 1.165) is 18.4 Å². The Balaban J connectivity index is 1.36. The number of carbonyl (C=O) groups is 2. The van der Waals surface area contributed by atoms with E-state index in [1.54, 1.807) is 36.4 Å². The van der Waals surface area contributed by atoms with Crippen LogP contribution in [0.25, 0.3) is 0 Å². The van der Waals surface area contributed by atoms with Crippen LogP contribution in [0.5, 0.6) is 0 Å². The molecule has 0 aliphatic carbocycles. The SMILES string of the molecule is O=C(NCc1ccc(S(=O)(=O)N2CCCC2)cc1)C1=NN(Cc2ccc(F)cc2)C(=O)CC1. The zero-order valence-corrected chi connectivity index (χ0v) is 18.9. The number of benzene rings is 2. The number of hydrogen-bond acceptors (Lipinski definition) is 5. The van der Waals surface area contributed by atoms with E-state index in [1.165, 1.54) is 21.4 Å². The second-order valence-electron chi connectivity index (χ2n) is 8.06. The average molecular weight is 473 g/mol. The lowest BCUT2D eigenvalue weighted by Crippen LogP contribution is -2.38. The number of sulfonamides is 1. The van der Waals surface area contributed by atoms with Gasteiger partial charge in [0, 0.05) is 32.5 Å². The molecular weight excluding hydrogens is 447 g/mol. The number of hydrazone groups is 1. The lowest BCUT2D eigenvalue weighted by molar-refractivity contribution is -0.132. The molecule has 174 valence electrons. The summed E-state index contributed by atoms with van der Waals surface area (Å²) in [6.45, 7) is 1.45. The van der Waals surface area contributed by atoms with Crippen LogP contribution >= 0.6 is 0 Å². The maximum atomic E-state index is 13.1. The number of halogens is 1. The van der Waals surface area contributed by atoms with Gasteiger partial charge in [0.1, 0.15) is 11.5 Å². The van der Waals surface area contributed by atoms with Gasteiger partial charge in [-0.1, -0.05) is 24.3 Å². The Morgan fingerprint density at radius 3 is 2.27 bits per heavy atom.